The second-order valence-corrected chi connectivity index (χ2v) is 11.7. The Labute approximate surface area is 262 Å². The Morgan fingerprint density at radius 3 is 1.80 bits per heavy atom. The van der Waals surface area contributed by atoms with Crippen LogP contribution in [-0.4, -0.2) is 63.2 Å². The smallest absolute Gasteiger partial charge is 0.425 e. The van der Waals surface area contributed by atoms with Crippen LogP contribution in [0.4, 0.5) is 9.59 Å². The van der Waals surface area contributed by atoms with Crippen LogP contribution >= 0.6 is 0 Å². The third-order valence-corrected chi connectivity index (χ3v) is 8.47. The van der Waals surface area contributed by atoms with E-state index in [9.17, 15) is 27.6 Å². The highest BCUT2D eigenvalue weighted by Crippen LogP contribution is 2.24. The van der Waals surface area contributed by atoms with Crippen LogP contribution in [0.2, 0.25) is 0 Å². The first-order valence-corrected chi connectivity index (χ1v) is 15.5. The second-order valence-electron chi connectivity index (χ2n) is 9.91. The molecule has 0 bridgehead atoms. The van der Waals surface area contributed by atoms with E-state index in [2.05, 4.69) is 5.32 Å². The predicted molar refractivity (Wildman–Crippen MR) is 162 cm³/mol. The Balaban J connectivity index is 1.81. The summed E-state index contributed by atoms with van der Waals surface area (Å²) >= 11 is 0. The minimum Gasteiger partial charge on any atom is -0.467 e. The molecule has 0 aliphatic heterocycles. The van der Waals surface area contributed by atoms with Gasteiger partial charge in [-0.15, -0.1) is 0 Å². The molecule has 0 unspecified atom stereocenters. The number of rotatable bonds is 14. The zero-order chi connectivity index (χ0) is 32.8. The molecule has 240 valence electrons. The Morgan fingerprint density at radius 1 is 0.733 bits per heavy atom. The number of aryl methyl sites for hydroxylation is 1. The van der Waals surface area contributed by atoms with Gasteiger partial charge in [0.25, 0.3) is 10.0 Å². The van der Waals surface area contributed by atoms with Gasteiger partial charge in [0.05, 0.1) is 19.1 Å². The number of carbonyl (C=O) groups is 4. The summed E-state index contributed by atoms with van der Waals surface area (Å²) in [5.41, 5.74) is 2.11. The molecular formula is C32H36N2O10S. The van der Waals surface area contributed by atoms with Crippen molar-refractivity contribution in [1.82, 2.24) is 9.62 Å². The average Bonchev–Trinajstić information content (AvgIpc) is 3.05. The molecule has 3 aromatic rings. The van der Waals surface area contributed by atoms with Gasteiger partial charge in [0.15, 0.2) is 0 Å². The van der Waals surface area contributed by atoms with Gasteiger partial charge in [0.1, 0.15) is 25.3 Å². The Bertz CT molecular complexity index is 1530. The SMILES string of the molecule is COC(=O)[C@H](CCC[C@@H](C(=O)OC)N(C(=O)OCc1ccccc1)S(=O)(=O)c1ccc(C)cc1)NC(=O)OCc1ccccc1. The summed E-state index contributed by atoms with van der Waals surface area (Å²) in [5.74, 6) is -1.81. The highest BCUT2D eigenvalue weighted by molar-refractivity contribution is 7.89. The van der Waals surface area contributed by atoms with E-state index in [0.29, 0.717) is 9.87 Å². The molecule has 0 radical (unpaired) electrons. The lowest BCUT2D eigenvalue weighted by Gasteiger charge is -2.29. The van der Waals surface area contributed by atoms with Gasteiger partial charge in [0.2, 0.25) is 0 Å². The second kappa shape index (κ2) is 16.8. The van der Waals surface area contributed by atoms with E-state index < -0.39 is 46.2 Å². The summed E-state index contributed by atoms with van der Waals surface area (Å²) in [5, 5.41) is 2.43. The summed E-state index contributed by atoms with van der Waals surface area (Å²) < 4.78 is 48.2. The number of sulfonamides is 1. The van der Waals surface area contributed by atoms with Crippen molar-refractivity contribution in [2.75, 3.05) is 14.2 Å². The van der Waals surface area contributed by atoms with E-state index in [4.69, 9.17) is 18.9 Å². The molecule has 0 spiro atoms. The third kappa shape index (κ3) is 10.1. The highest BCUT2D eigenvalue weighted by Gasteiger charge is 2.41. The molecule has 0 heterocycles. The van der Waals surface area contributed by atoms with Gasteiger partial charge >= 0.3 is 24.1 Å². The van der Waals surface area contributed by atoms with Gasteiger partial charge in [0, 0.05) is 0 Å². The van der Waals surface area contributed by atoms with E-state index in [1.54, 1.807) is 73.7 Å². The molecule has 0 aliphatic carbocycles. The fraction of sp³-hybridized carbons (Fsp3) is 0.312. The molecule has 12 nitrogen and oxygen atoms in total. The van der Waals surface area contributed by atoms with E-state index in [-0.39, 0.29) is 37.4 Å². The molecule has 0 fully saturated rings. The van der Waals surface area contributed by atoms with Crippen molar-refractivity contribution in [2.45, 2.75) is 56.4 Å². The zero-order valence-corrected chi connectivity index (χ0v) is 26.0. The summed E-state index contributed by atoms with van der Waals surface area (Å²) in [7, 11) is -2.42. The van der Waals surface area contributed by atoms with Gasteiger partial charge in [-0.05, 0) is 49.4 Å². The lowest BCUT2D eigenvalue weighted by atomic mass is 10.1. The van der Waals surface area contributed by atoms with Crippen molar-refractivity contribution in [1.29, 1.82) is 0 Å². The molecule has 3 aromatic carbocycles. The molecule has 13 heteroatoms. The van der Waals surface area contributed by atoms with Crippen LogP contribution in [-0.2, 0) is 51.8 Å². The lowest BCUT2D eigenvalue weighted by Crippen LogP contribution is -2.49. The number of esters is 2. The molecule has 0 saturated carbocycles. The summed E-state index contributed by atoms with van der Waals surface area (Å²) in [4.78, 5) is 51.1. The van der Waals surface area contributed by atoms with Gasteiger partial charge in [-0.1, -0.05) is 78.4 Å². The first-order chi connectivity index (χ1) is 21.6. The van der Waals surface area contributed by atoms with Crippen molar-refractivity contribution >= 4 is 34.1 Å². The van der Waals surface area contributed by atoms with Gasteiger partial charge in [-0.2, -0.15) is 4.31 Å². The number of methoxy groups -OCH3 is 2. The van der Waals surface area contributed by atoms with Crippen molar-refractivity contribution < 1.29 is 46.5 Å². The molecule has 3 rings (SSSR count). The average molecular weight is 641 g/mol. The van der Waals surface area contributed by atoms with Crippen molar-refractivity contribution in [2.24, 2.45) is 0 Å². The quantitative estimate of drug-likeness (QED) is 0.197. The van der Waals surface area contributed by atoms with Gasteiger partial charge in [-0.3, -0.25) is 0 Å². The lowest BCUT2D eigenvalue weighted by molar-refractivity contribution is -0.145. The van der Waals surface area contributed by atoms with Crippen LogP contribution in [0.1, 0.15) is 36.0 Å². The monoisotopic (exact) mass is 640 g/mol. The fourth-order valence-corrected chi connectivity index (χ4v) is 5.76. The van der Waals surface area contributed by atoms with Crippen LogP contribution in [0.25, 0.3) is 0 Å². The summed E-state index contributed by atoms with van der Waals surface area (Å²) in [6, 6.07) is 20.4. The Kier molecular flexibility index (Phi) is 12.9. The number of carbonyl (C=O) groups excluding carboxylic acids is 4. The van der Waals surface area contributed by atoms with Gasteiger partial charge in [-0.25, -0.2) is 27.6 Å². The maximum Gasteiger partial charge on any atom is 0.425 e. The third-order valence-electron chi connectivity index (χ3n) is 6.68. The van der Waals surface area contributed by atoms with Crippen LogP contribution in [0.15, 0.2) is 89.8 Å². The van der Waals surface area contributed by atoms with Crippen LogP contribution in [0, 0.1) is 6.92 Å². The minimum absolute atomic E-state index is 0.0234. The molecule has 2 atom stereocenters. The number of nitrogens with one attached hydrogen (secondary N) is 1. The van der Waals surface area contributed by atoms with Crippen molar-refractivity contribution in [3.8, 4) is 0 Å². The standard InChI is InChI=1S/C32H36N2O10S/c1-23-17-19-26(20-18-23)45(39,40)34(32(38)44-22-25-13-8-5-9-14-25)28(30(36)42-3)16-10-15-27(29(35)41-2)33-31(37)43-21-24-11-6-4-7-12-24/h4-9,11-14,17-20,27-28H,10,15-16,21-22H2,1-3H3,(H,33,37)/t27-,28-/m0/s1. The zero-order valence-electron chi connectivity index (χ0n) is 25.2. The molecule has 0 saturated heterocycles. The summed E-state index contributed by atoms with van der Waals surface area (Å²) in [6.07, 6.45) is -2.55. The molecule has 0 aromatic heterocycles. The maximum absolute atomic E-state index is 13.8. The van der Waals surface area contributed by atoms with Crippen molar-refractivity contribution in [3.05, 3.63) is 102 Å². The molecule has 0 aliphatic rings. The topological polar surface area (TPSA) is 155 Å². The minimum atomic E-state index is -4.62. The van der Waals surface area contributed by atoms with Crippen LogP contribution < -0.4 is 5.32 Å². The van der Waals surface area contributed by atoms with E-state index in [0.717, 1.165) is 25.3 Å². The number of amides is 2. The number of ether oxygens (including phenoxy) is 4. The number of hydrogen-bond donors (Lipinski definition) is 1. The number of nitrogens with zero attached hydrogens (tertiary/aromatic N) is 1. The Hall–Kier alpha value is -4.91. The van der Waals surface area contributed by atoms with Crippen LogP contribution in [0.5, 0.6) is 0 Å². The molecule has 2 amide bonds. The highest BCUT2D eigenvalue weighted by atomic mass is 32.2. The molecular weight excluding hydrogens is 604 g/mol. The maximum atomic E-state index is 13.8. The number of benzene rings is 3. The summed E-state index contributed by atoms with van der Waals surface area (Å²) in [6.45, 7) is 1.47. The van der Waals surface area contributed by atoms with Crippen LogP contribution in [0.3, 0.4) is 0 Å². The first kappa shape index (κ1) is 34.6. The largest absolute Gasteiger partial charge is 0.467 e. The molecule has 45 heavy (non-hydrogen) atoms. The first-order valence-electron chi connectivity index (χ1n) is 14.0. The predicted octanol–water partition coefficient (Wildman–Crippen LogP) is 4.50. The van der Waals surface area contributed by atoms with E-state index in [1.807, 2.05) is 6.07 Å². The van der Waals surface area contributed by atoms with Crippen molar-refractivity contribution in [3.63, 3.8) is 0 Å². The van der Waals surface area contributed by atoms with Gasteiger partial charge < -0.3 is 24.3 Å². The molecule has 1 N–H and O–H groups in total. The Morgan fingerprint density at radius 2 is 1.27 bits per heavy atom. The number of hydrogen-bond acceptors (Lipinski definition) is 10. The number of alkyl carbamates (subject to hydrolysis) is 1. The normalized spacial score (nSPS) is 12.2. The fourth-order valence-electron chi connectivity index (χ4n) is 4.28. The van der Waals surface area contributed by atoms with E-state index >= 15 is 0 Å². The van der Waals surface area contributed by atoms with E-state index in [1.165, 1.54) is 12.1 Å².